The lowest BCUT2D eigenvalue weighted by molar-refractivity contribution is -0.119. The Morgan fingerprint density at radius 2 is 2.29 bits per heavy atom. The summed E-state index contributed by atoms with van der Waals surface area (Å²) in [6.45, 7) is 5.08. The van der Waals surface area contributed by atoms with Gasteiger partial charge >= 0.3 is 0 Å². The Balaban J connectivity index is 3.62. The first kappa shape index (κ1) is 13.9. The molecule has 4 nitrogen and oxygen atoms in total. The van der Waals surface area contributed by atoms with E-state index in [-0.39, 0.29) is 11.8 Å². The van der Waals surface area contributed by atoms with E-state index in [1.807, 2.05) is 25.3 Å². The lowest BCUT2D eigenvalue weighted by atomic mass is 10.1. The van der Waals surface area contributed by atoms with E-state index < -0.39 is 0 Å². The second-order valence-electron chi connectivity index (χ2n) is 3.07. The third-order valence-electron chi connectivity index (χ3n) is 1.87. The number of nitrogens with one attached hydrogen (secondary N) is 1. The van der Waals surface area contributed by atoms with Crippen LogP contribution in [0.15, 0.2) is 0 Å². The van der Waals surface area contributed by atoms with E-state index in [4.69, 9.17) is 4.18 Å². The summed E-state index contributed by atoms with van der Waals surface area (Å²) in [5.74, 6) is 0.183. The van der Waals surface area contributed by atoms with Gasteiger partial charge in [0, 0.05) is 6.54 Å². The van der Waals surface area contributed by atoms with Crippen molar-refractivity contribution >= 4 is 18.0 Å². The van der Waals surface area contributed by atoms with Crippen molar-refractivity contribution in [3.8, 4) is 0 Å². The first-order valence-electron chi connectivity index (χ1n) is 4.80. The second-order valence-corrected chi connectivity index (χ2v) is 4.08. The van der Waals surface area contributed by atoms with Gasteiger partial charge in [-0.2, -0.15) is 0 Å². The van der Waals surface area contributed by atoms with Gasteiger partial charge in [-0.05, 0) is 34.4 Å². The molecule has 0 spiro atoms. The van der Waals surface area contributed by atoms with Crippen molar-refractivity contribution in [3.63, 3.8) is 0 Å². The molecule has 14 heavy (non-hydrogen) atoms. The van der Waals surface area contributed by atoms with Crippen LogP contribution in [0.3, 0.4) is 0 Å². The Kier molecular flexibility index (Phi) is 8.17. The first-order chi connectivity index (χ1) is 6.61. The van der Waals surface area contributed by atoms with E-state index in [2.05, 4.69) is 5.32 Å². The van der Waals surface area contributed by atoms with Gasteiger partial charge in [-0.25, -0.2) is 4.31 Å². The normalized spacial score (nSPS) is 13.2. The van der Waals surface area contributed by atoms with Crippen molar-refractivity contribution in [3.05, 3.63) is 0 Å². The number of nitrogens with zero attached hydrogens (tertiary/aromatic N) is 1. The van der Waals surface area contributed by atoms with Gasteiger partial charge < -0.3 is 9.50 Å². The highest BCUT2D eigenvalue weighted by Gasteiger charge is 2.12. The third-order valence-corrected chi connectivity index (χ3v) is 2.65. The summed E-state index contributed by atoms with van der Waals surface area (Å²) in [5, 5.41) is 2.99. The van der Waals surface area contributed by atoms with Gasteiger partial charge in [-0.3, -0.25) is 4.79 Å². The number of likely N-dealkylation sites (N-methyl/N-ethyl adjacent to an activating group) is 1. The fraction of sp³-hybridized carbons (Fsp3) is 0.889. The van der Waals surface area contributed by atoms with Gasteiger partial charge in [-0.1, -0.05) is 0 Å². The standard InChI is InChI=1S/C9H20N2O2S/c1-5-13-14-11(4)7-6-9(10-3)8(2)12/h9-10H,5-7H2,1-4H3. The largest absolute Gasteiger partial charge is 0.311 e. The number of carbonyl (C=O) groups excluding carboxylic acids is 1. The molecule has 0 heterocycles. The Morgan fingerprint density at radius 1 is 1.64 bits per heavy atom. The Morgan fingerprint density at radius 3 is 2.71 bits per heavy atom. The first-order valence-corrected chi connectivity index (χ1v) is 5.50. The van der Waals surface area contributed by atoms with Gasteiger partial charge in [-0.15, -0.1) is 0 Å². The smallest absolute Gasteiger partial charge is 0.146 e. The summed E-state index contributed by atoms with van der Waals surface area (Å²) in [6.07, 6.45) is 0.808. The SMILES string of the molecule is CCOSN(C)CCC(NC)C(C)=O. The molecule has 0 aromatic heterocycles. The molecule has 0 rings (SSSR count). The average Bonchev–Trinajstić information content (AvgIpc) is 2.15. The molecule has 0 amide bonds. The molecule has 0 saturated heterocycles. The lowest BCUT2D eigenvalue weighted by Crippen LogP contribution is -2.34. The van der Waals surface area contributed by atoms with Crippen molar-refractivity contribution in [2.24, 2.45) is 0 Å². The molecule has 0 bridgehead atoms. The summed E-state index contributed by atoms with van der Waals surface area (Å²) in [4.78, 5) is 11.1. The highest BCUT2D eigenvalue weighted by molar-refractivity contribution is 7.92. The molecule has 1 atom stereocenters. The lowest BCUT2D eigenvalue weighted by Gasteiger charge is -2.17. The number of carbonyl (C=O) groups is 1. The maximum atomic E-state index is 11.1. The van der Waals surface area contributed by atoms with Crippen LogP contribution in [0.2, 0.25) is 0 Å². The van der Waals surface area contributed by atoms with Crippen LogP contribution in [0.4, 0.5) is 0 Å². The fourth-order valence-electron chi connectivity index (χ4n) is 1.04. The van der Waals surface area contributed by atoms with Crippen LogP contribution in [-0.2, 0) is 8.98 Å². The van der Waals surface area contributed by atoms with Crippen LogP contribution in [0, 0.1) is 0 Å². The molecule has 0 aromatic carbocycles. The summed E-state index contributed by atoms with van der Waals surface area (Å²) in [6, 6.07) is -0.0420. The predicted molar refractivity (Wildman–Crippen MR) is 60.0 cm³/mol. The maximum absolute atomic E-state index is 11.1. The predicted octanol–water partition coefficient (Wildman–Crippen LogP) is 1.08. The minimum Gasteiger partial charge on any atom is -0.311 e. The number of ketones is 1. The zero-order valence-corrected chi connectivity index (χ0v) is 10.2. The Labute approximate surface area is 90.7 Å². The van der Waals surface area contributed by atoms with Gasteiger partial charge in [0.25, 0.3) is 0 Å². The van der Waals surface area contributed by atoms with Crippen molar-refractivity contribution in [1.82, 2.24) is 9.62 Å². The summed E-state index contributed by atoms with van der Waals surface area (Å²) < 4.78 is 7.14. The van der Waals surface area contributed by atoms with Gasteiger partial charge in [0.2, 0.25) is 0 Å². The molecule has 0 saturated carbocycles. The Bertz CT molecular complexity index is 167. The van der Waals surface area contributed by atoms with Crippen molar-refractivity contribution in [2.45, 2.75) is 26.3 Å². The summed E-state index contributed by atoms with van der Waals surface area (Å²) in [7, 11) is 3.76. The molecule has 0 radical (unpaired) electrons. The van der Waals surface area contributed by atoms with Crippen LogP contribution in [0.1, 0.15) is 20.3 Å². The van der Waals surface area contributed by atoms with Crippen molar-refractivity contribution in [1.29, 1.82) is 0 Å². The number of hydrogen-bond acceptors (Lipinski definition) is 5. The number of hydrogen-bond donors (Lipinski definition) is 1. The quantitative estimate of drug-likeness (QED) is 0.490. The molecule has 84 valence electrons. The molecule has 0 aliphatic carbocycles. The van der Waals surface area contributed by atoms with Crippen molar-refractivity contribution < 1.29 is 8.98 Å². The third kappa shape index (κ3) is 6.37. The number of Topliss-reactive ketones (excluding diaryl/α,β-unsaturated/α-hetero) is 1. The van der Waals surface area contributed by atoms with Gasteiger partial charge in [0.1, 0.15) is 5.78 Å². The fourth-order valence-corrected chi connectivity index (χ4v) is 1.51. The van der Waals surface area contributed by atoms with Gasteiger partial charge in [0.05, 0.1) is 24.9 Å². The van der Waals surface area contributed by atoms with E-state index in [1.54, 1.807) is 6.92 Å². The van der Waals surface area contributed by atoms with Crippen LogP contribution in [0.25, 0.3) is 0 Å². The minimum atomic E-state index is -0.0420. The zero-order chi connectivity index (χ0) is 11.0. The molecule has 1 N–H and O–H groups in total. The maximum Gasteiger partial charge on any atom is 0.146 e. The Hall–Kier alpha value is -0.100. The van der Waals surface area contributed by atoms with E-state index >= 15 is 0 Å². The molecule has 5 heteroatoms. The number of rotatable bonds is 8. The molecule has 0 fully saturated rings. The average molecular weight is 220 g/mol. The summed E-state index contributed by atoms with van der Waals surface area (Å²) in [5.41, 5.74) is 0. The van der Waals surface area contributed by atoms with Crippen LogP contribution < -0.4 is 5.32 Å². The van der Waals surface area contributed by atoms with E-state index in [0.29, 0.717) is 6.61 Å². The van der Waals surface area contributed by atoms with Crippen molar-refractivity contribution in [2.75, 3.05) is 27.2 Å². The monoisotopic (exact) mass is 220 g/mol. The molecular formula is C9H20N2O2S. The molecule has 0 aromatic rings. The highest BCUT2D eigenvalue weighted by Crippen LogP contribution is 2.09. The zero-order valence-electron chi connectivity index (χ0n) is 9.37. The topological polar surface area (TPSA) is 41.6 Å². The minimum absolute atomic E-state index is 0.0420. The second kappa shape index (κ2) is 8.23. The molecular weight excluding hydrogens is 200 g/mol. The molecule has 0 aliphatic rings. The van der Waals surface area contributed by atoms with Crippen LogP contribution >= 0.6 is 12.2 Å². The highest BCUT2D eigenvalue weighted by atomic mass is 32.2. The molecule has 1 unspecified atom stereocenters. The molecule has 0 aliphatic heterocycles. The van der Waals surface area contributed by atoms with E-state index in [0.717, 1.165) is 13.0 Å². The van der Waals surface area contributed by atoms with E-state index in [9.17, 15) is 4.79 Å². The van der Waals surface area contributed by atoms with Crippen LogP contribution in [0.5, 0.6) is 0 Å². The summed E-state index contributed by atoms with van der Waals surface area (Å²) >= 11 is 1.33. The van der Waals surface area contributed by atoms with Gasteiger partial charge in [0.15, 0.2) is 0 Å². The van der Waals surface area contributed by atoms with E-state index in [1.165, 1.54) is 12.2 Å². The van der Waals surface area contributed by atoms with Crippen LogP contribution in [-0.4, -0.2) is 43.4 Å².